The van der Waals surface area contributed by atoms with Gasteiger partial charge in [0.15, 0.2) is 11.5 Å². The quantitative estimate of drug-likeness (QED) is 0.905. The van der Waals surface area contributed by atoms with Crippen LogP contribution in [0.25, 0.3) is 10.4 Å². The van der Waals surface area contributed by atoms with E-state index in [0.29, 0.717) is 25.4 Å². The molecule has 0 saturated carbocycles. The summed E-state index contributed by atoms with van der Waals surface area (Å²) in [7, 11) is 0. The Labute approximate surface area is 139 Å². The summed E-state index contributed by atoms with van der Waals surface area (Å²) in [4.78, 5) is 15.8. The average Bonchev–Trinajstić information content (AvgIpc) is 2.81. The van der Waals surface area contributed by atoms with Crippen LogP contribution in [-0.4, -0.2) is 35.1 Å². The van der Waals surface area contributed by atoms with Crippen LogP contribution in [0.15, 0.2) is 24.3 Å². The highest BCUT2D eigenvalue weighted by atomic mass is 32.1. The Morgan fingerprint density at radius 2 is 2.22 bits per heavy atom. The Morgan fingerprint density at radius 1 is 1.43 bits per heavy atom. The third-order valence-electron chi connectivity index (χ3n) is 4.13. The molecule has 2 heterocycles. The van der Waals surface area contributed by atoms with Gasteiger partial charge in [-0.1, -0.05) is 0 Å². The van der Waals surface area contributed by atoms with Gasteiger partial charge in [-0.2, -0.15) is 0 Å². The van der Waals surface area contributed by atoms with Gasteiger partial charge in [0, 0.05) is 28.4 Å². The molecule has 3 N–H and O–H groups in total. The minimum absolute atomic E-state index is 0.136. The van der Waals surface area contributed by atoms with Crippen LogP contribution in [0.5, 0.6) is 11.5 Å². The second-order valence-corrected chi connectivity index (χ2v) is 7.08. The minimum atomic E-state index is -0.376. The van der Waals surface area contributed by atoms with Crippen LogP contribution < -0.4 is 10.5 Å². The van der Waals surface area contributed by atoms with Crippen LogP contribution >= 0.6 is 11.3 Å². The fourth-order valence-corrected chi connectivity index (χ4v) is 3.62. The van der Waals surface area contributed by atoms with Gasteiger partial charge in [0.1, 0.15) is 6.61 Å². The van der Waals surface area contributed by atoms with E-state index in [9.17, 15) is 9.90 Å². The van der Waals surface area contributed by atoms with E-state index in [2.05, 4.69) is 13.0 Å². The highest BCUT2D eigenvalue weighted by molar-refractivity contribution is 7.15. The number of hydrogen-bond donors (Lipinski definition) is 2. The molecule has 1 aromatic heterocycles. The van der Waals surface area contributed by atoms with E-state index in [1.54, 1.807) is 24.3 Å². The van der Waals surface area contributed by atoms with Crippen LogP contribution in [0.2, 0.25) is 0 Å². The lowest BCUT2D eigenvalue weighted by Gasteiger charge is -2.24. The van der Waals surface area contributed by atoms with Crippen molar-refractivity contribution in [3.8, 4) is 21.9 Å². The number of thiophene rings is 1. The van der Waals surface area contributed by atoms with Crippen molar-refractivity contribution in [2.75, 3.05) is 13.2 Å². The fraction of sp³-hybridized carbons (Fsp3) is 0.353. The zero-order valence-corrected chi connectivity index (χ0v) is 14.0. The van der Waals surface area contributed by atoms with E-state index in [4.69, 9.17) is 10.5 Å². The number of benzene rings is 1. The molecular formula is C17H20N2O3S. The third kappa shape index (κ3) is 3.18. The number of nitrogens with two attached hydrogens (primary N) is 1. The number of phenols is 1. The molecule has 0 aliphatic carbocycles. The number of amides is 1. The van der Waals surface area contributed by atoms with Crippen molar-refractivity contribution < 1.29 is 14.6 Å². The number of aromatic hydroxyl groups is 1. The molecule has 2 aromatic rings. The molecule has 5 nitrogen and oxygen atoms in total. The molecule has 0 bridgehead atoms. The lowest BCUT2D eigenvalue weighted by atomic mass is 10.1. The SMILES string of the molecule is Cc1ccc(-c2cc(O)c3c(c2)CN([C@@H](C)C(N)=O)CCO3)s1. The number of ether oxygens (including phenoxy) is 1. The molecule has 0 saturated heterocycles. The molecule has 0 spiro atoms. The maximum absolute atomic E-state index is 11.5. The Balaban J connectivity index is 1.99. The van der Waals surface area contributed by atoms with E-state index >= 15 is 0 Å². The number of carbonyl (C=O) groups is 1. The largest absolute Gasteiger partial charge is 0.504 e. The maximum atomic E-state index is 11.5. The Morgan fingerprint density at radius 3 is 2.87 bits per heavy atom. The molecule has 0 fully saturated rings. The smallest absolute Gasteiger partial charge is 0.234 e. The lowest BCUT2D eigenvalue weighted by molar-refractivity contribution is -0.122. The first-order chi connectivity index (χ1) is 11.0. The van der Waals surface area contributed by atoms with Crippen molar-refractivity contribution >= 4 is 17.2 Å². The third-order valence-corrected chi connectivity index (χ3v) is 5.18. The van der Waals surface area contributed by atoms with Crippen molar-refractivity contribution in [1.29, 1.82) is 0 Å². The van der Waals surface area contributed by atoms with E-state index in [1.807, 2.05) is 17.0 Å². The zero-order valence-electron chi connectivity index (χ0n) is 13.2. The molecule has 1 atom stereocenters. The zero-order chi connectivity index (χ0) is 16.6. The molecule has 0 radical (unpaired) electrons. The van der Waals surface area contributed by atoms with E-state index in [-0.39, 0.29) is 17.7 Å². The maximum Gasteiger partial charge on any atom is 0.234 e. The molecule has 23 heavy (non-hydrogen) atoms. The number of aryl methyl sites for hydroxylation is 1. The van der Waals surface area contributed by atoms with E-state index in [0.717, 1.165) is 16.0 Å². The second kappa shape index (κ2) is 6.22. The predicted octanol–water partition coefficient (Wildman–Crippen LogP) is 2.50. The van der Waals surface area contributed by atoms with Crippen LogP contribution in [0.1, 0.15) is 17.4 Å². The second-order valence-electron chi connectivity index (χ2n) is 5.79. The normalized spacial score (nSPS) is 16.3. The Bertz CT molecular complexity index is 741. The highest BCUT2D eigenvalue weighted by Gasteiger charge is 2.25. The fourth-order valence-electron chi connectivity index (χ4n) is 2.76. The number of nitrogens with zero attached hydrogens (tertiary/aromatic N) is 1. The molecular weight excluding hydrogens is 312 g/mol. The van der Waals surface area contributed by atoms with Crippen molar-refractivity contribution in [1.82, 2.24) is 4.90 Å². The summed E-state index contributed by atoms with van der Waals surface area (Å²) in [5, 5.41) is 10.3. The summed E-state index contributed by atoms with van der Waals surface area (Å²) in [5.74, 6) is 0.279. The molecule has 3 rings (SSSR count). The summed E-state index contributed by atoms with van der Waals surface area (Å²) >= 11 is 1.68. The number of rotatable bonds is 3. The highest BCUT2D eigenvalue weighted by Crippen LogP contribution is 2.39. The van der Waals surface area contributed by atoms with Gasteiger partial charge in [0.05, 0.1) is 6.04 Å². The molecule has 1 aliphatic rings. The van der Waals surface area contributed by atoms with Gasteiger partial charge in [0.25, 0.3) is 0 Å². The van der Waals surface area contributed by atoms with Gasteiger partial charge in [-0.15, -0.1) is 11.3 Å². The summed E-state index contributed by atoms with van der Waals surface area (Å²) in [6.45, 7) is 5.36. The van der Waals surface area contributed by atoms with Crippen LogP contribution in [0.3, 0.4) is 0 Å². The summed E-state index contributed by atoms with van der Waals surface area (Å²) < 4.78 is 5.70. The summed E-state index contributed by atoms with van der Waals surface area (Å²) in [5.41, 5.74) is 7.25. The van der Waals surface area contributed by atoms with Gasteiger partial charge in [-0.05, 0) is 43.7 Å². The van der Waals surface area contributed by atoms with Gasteiger partial charge in [-0.25, -0.2) is 0 Å². The minimum Gasteiger partial charge on any atom is -0.504 e. The molecule has 122 valence electrons. The van der Waals surface area contributed by atoms with Gasteiger partial charge < -0.3 is 15.6 Å². The van der Waals surface area contributed by atoms with Gasteiger partial charge in [-0.3, -0.25) is 9.69 Å². The molecule has 1 aromatic carbocycles. The first-order valence-electron chi connectivity index (χ1n) is 7.54. The number of phenolic OH excluding ortho intramolecular Hbond substituents is 1. The lowest BCUT2D eigenvalue weighted by Crippen LogP contribution is -2.43. The molecule has 0 unspecified atom stereocenters. The van der Waals surface area contributed by atoms with Crippen LogP contribution in [0, 0.1) is 6.92 Å². The van der Waals surface area contributed by atoms with E-state index < -0.39 is 0 Å². The topological polar surface area (TPSA) is 75.8 Å². The Kier molecular flexibility index (Phi) is 4.28. The number of hydrogen-bond acceptors (Lipinski definition) is 5. The van der Waals surface area contributed by atoms with Crippen LogP contribution in [0.4, 0.5) is 0 Å². The van der Waals surface area contributed by atoms with Crippen molar-refractivity contribution in [2.24, 2.45) is 5.73 Å². The molecule has 1 amide bonds. The van der Waals surface area contributed by atoms with Crippen molar-refractivity contribution in [3.05, 3.63) is 34.7 Å². The first-order valence-corrected chi connectivity index (χ1v) is 8.36. The predicted molar refractivity (Wildman–Crippen MR) is 90.7 cm³/mol. The molecule has 6 heteroatoms. The van der Waals surface area contributed by atoms with Crippen molar-refractivity contribution in [2.45, 2.75) is 26.4 Å². The number of fused-ring (bicyclic) bond motifs is 1. The number of primary amides is 1. The monoisotopic (exact) mass is 332 g/mol. The van der Waals surface area contributed by atoms with Gasteiger partial charge in [0.2, 0.25) is 5.91 Å². The molecule has 1 aliphatic heterocycles. The number of carbonyl (C=O) groups excluding carboxylic acids is 1. The summed E-state index contributed by atoms with van der Waals surface area (Å²) in [6, 6.07) is 7.48. The average molecular weight is 332 g/mol. The van der Waals surface area contributed by atoms with Crippen LogP contribution in [-0.2, 0) is 11.3 Å². The van der Waals surface area contributed by atoms with Gasteiger partial charge >= 0.3 is 0 Å². The first kappa shape index (κ1) is 15.8. The standard InChI is InChI=1S/C17H20N2O3S/c1-10-3-4-15(23-10)12-7-13-9-19(11(2)17(18)21)5-6-22-16(13)14(20)8-12/h3-4,7-8,11,20H,5-6,9H2,1-2H3,(H2,18,21)/t11-/m0/s1. The Hall–Kier alpha value is -2.05. The van der Waals surface area contributed by atoms with E-state index in [1.165, 1.54) is 4.88 Å². The summed E-state index contributed by atoms with van der Waals surface area (Å²) in [6.07, 6.45) is 0. The van der Waals surface area contributed by atoms with Crippen molar-refractivity contribution in [3.63, 3.8) is 0 Å².